The van der Waals surface area contributed by atoms with E-state index < -0.39 is 24.5 Å². The number of H-pyrrole nitrogens is 1. The van der Waals surface area contributed by atoms with Crippen LogP contribution in [0.15, 0.2) is 12.7 Å². The minimum atomic E-state index is -0.919. The first-order chi connectivity index (χ1) is 9.67. The standard InChI is InChI=1S/C11H14N4O4S/c1-18-8-7(17)5(2-16)19-11(8)15-4-14-6-9(15)12-3-13-10(6)20/h3-5,7-8,11,16-17H,2H2,1H3,(H,12,13,20)/t5-,7-,8-,11-/m1/s1. The molecule has 108 valence electrons. The van der Waals surface area contributed by atoms with Crippen molar-refractivity contribution in [2.24, 2.45) is 0 Å². The Morgan fingerprint density at radius 3 is 3.05 bits per heavy atom. The highest BCUT2D eigenvalue weighted by atomic mass is 32.1. The molecule has 0 aromatic carbocycles. The molecule has 3 heterocycles. The van der Waals surface area contributed by atoms with Crippen molar-refractivity contribution in [2.75, 3.05) is 13.7 Å². The van der Waals surface area contributed by atoms with Crippen molar-refractivity contribution in [2.45, 2.75) is 24.5 Å². The summed E-state index contributed by atoms with van der Waals surface area (Å²) < 4.78 is 13.0. The third-order valence-corrected chi connectivity index (χ3v) is 3.72. The number of aliphatic hydroxyl groups excluding tert-OH is 2. The average molecular weight is 298 g/mol. The Morgan fingerprint density at radius 1 is 1.55 bits per heavy atom. The Balaban J connectivity index is 2.06. The Hall–Kier alpha value is -1.39. The van der Waals surface area contributed by atoms with Crippen LogP contribution in [-0.4, -0.2) is 61.8 Å². The van der Waals surface area contributed by atoms with E-state index in [2.05, 4.69) is 15.0 Å². The summed E-state index contributed by atoms with van der Waals surface area (Å²) in [5, 5.41) is 19.3. The zero-order valence-corrected chi connectivity index (χ0v) is 11.4. The summed E-state index contributed by atoms with van der Waals surface area (Å²) in [4.78, 5) is 11.1. The second kappa shape index (κ2) is 5.19. The molecule has 1 aliphatic rings. The normalized spacial score (nSPS) is 30.1. The lowest BCUT2D eigenvalue weighted by atomic mass is 10.1. The van der Waals surface area contributed by atoms with E-state index in [0.29, 0.717) is 15.8 Å². The number of aromatic nitrogens is 4. The highest BCUT2D eigenvalue weighted by molar-refractivity contribution is 7.71. The minimum absolute atomic E-state index is 0.290. The van der Waals surface area contributed by atoms with Gasteiger partial charge in [0.25, 0.3) is 0 Å². The van der Waals surface area contributed by atoms with E-state index in [9.17, 15) is 10.2 Å². The Bertz CT molecular complexity index is 672. The van der Waals surface area contributed by atoms with Crippen LogP contribution in [0.3, 0.4) is 0 Å². The van der Waals surface area contributed by atoms with Crippen molar-refractivity contribution in [3.05, 3.63) is 17.3 Å². The number of hydrogen-bond donors (Lipinski definition) is 3. The van der Waals surface area contributed by atoms with Gasteiger partial charge in [0, 0.05) is 7.11 Å². The molecule has 1 saturated heterocycles. The molecule has 2 aromatic heterocycles. The monoisotopic (exact) mass is 298 g/mol. The van der Waals surface area contributed by atoms with Gasteiger partial charge < -0.3 is 24.7 Å². The predicted octanol–water partition coefficient (Wildman–Crippen LogP) is -0.246. The van der Waals surface area contributed by atoms with Crippen molar-refractivity contribution in [1.82, 2.24) is 19.5 Å². The lowest BCUT2D eigenvalue weighted by Gasteiger charge is -2.20. The van der Waals surface area contributed by atoms with E-state index in [1.54, 1.807) is 10.9 Å². The van der Waals surface area contributed by atoms with Crippen molar-refractivity contribution >= 4 is 23.4 Å². The molecule has 4 atom stereocenters. The first kappa shape index (κ1) is 13.6. The summed E-state index contributed by atoms with van der Waals surface area (Å²) in [6, 6.07) is 0. The molecule has 0 saturated carbocycles. The third kappa shape index (κ3) is 1.95. The minimum Gasteiger partial charge on any atom is -0.394 e. The molecule has 0 unspecified atom stereocenters. The lowest BCUT2D eigenvalue weighted by Crippen LogP contribution is -2.34. The maximum absolute atomic E-state index is 10.1. The van der Waals surface area contributed by atoms with Crippen LogP contribution in [0.4, 0.5) is 0 Å². The van der Waals surface area contributed by atoms with Crippen LogP contribution >= 0.6 is 12.2 Å². The number of hydrogen-bond acceptors (Lipinski definition) is 7. The molecule has 9 heteroatoms. The van der Waals surface area contributed by atoms with Gasteiger partial charge in [0.1, 0.15) is 29.5 Å². The molecule has 20 heavy (non-hydrogen) atoms. The number of nitrogens with zero attached hydrogens (tertiary/aromatic N) is 3. The fourth-order valence-corrected chi connectivity index (χ4v) is 2.62. The van der Waals surface area contributed by atoms with Gasteiger partial charge in [-0.2, -0.15) is 0 Å². The van der Waals surface area contributed by atoms with Gasteiger partial charge in [-0.25, -0.2) is 9.97 Å². The van der Waals surface area contributed by atoms with Crippen LogP contribution in [-0.2, 0) is 9.47 Å². The van der Waals surface area contributed by atoms with Crippen LogP contribution in [0.5, 0.6) is 0 Å². The van der Waals surface area contributed by atoms with Gasteiger partial charge in [0.15, 0.2) is 10.9 Å². The molecule has 3 rings (SSSR count). The van der Waals surface area contributed by atoms with Crippen LogP contribution in [0, 0.1) is 4.64 Å². The molecule has 0 amide bonds. The number of rotatable bonds is 3. The van der Waals surface area contributed by atoms with Gasteiger partial charge in [-0.3, -0.25) is 4.57 Å². The number of methoxy groups -OCH3 is 1. The molecule has 2 aromatic rings. The summed E-state index contributed by atoms with van der Waals surface area (Å²) in [7, 11) is 1.48. The van der Waals surface area contributed by atoms with E-state index >= 15 is 0 Å². The van der Waals surface area contributed by atoms with Gasteiger partial charge in [0.05, 0.1) is 19.3 Å². The van der Waals surface area contributed by atoms with Crippen LogP contribution in [0.1, 0.15) is 6.23 Å². The van der Waals surface area contributed by atoms with Crippen molar-refractivity contribution in [1.29, 1.82) is 0 Å². The van der Waals surface area contributed by atoms with Crippen LogP contribution in [0.25, 0.3) is 11.2 Å². The maximum atomic E-state index is 10.1. The topological polar surface area (TPSA) is 105 Å². The third-order valence-electron chi connectivity index (χ3n) is 3.42. The van der Waals surface area contributed by atoms with Gasteiger partial charge in [-0.05, 0) is 0 Å². The summed E-state index contributed by atoms with van der Waals surface area (Å²) in [6.45, 7) is -0.290. The molecule has 0 bridgehead atoms. The summed E-state index contributed by atoms with van der Waals surface area (Å²) in [5.41, 5.74) is 1.17. The van der Waals surface area contributed by atoms with Gasteiger partial charge >= 0.3 is 0 Å². The van der Waals surface area contributed by atoms with E-state index in [1.807, 2.05) is 0 Å². The predicted molar refractivity (Wildman–Crippen MR) is 70.5 cm³/mol. The zero-order chi connectivity index (χ0) is 14.3. The number of aliphatic hydroxyl groups is 2. The molecule has 0 radical (unpaired) electrons. The van der Waals surface area contributed by atoms with Gasteiger partial charge in [0.2, 0.25) is 0 Å². The van der Waals surface area contributed by atoms with E-state index in [0.717, 1.165) is 0 Å². The molecular weight excluding hydrogens is 284 g/mol. The number of imidazole rings is 1. The van der Waals surface area contributed by atoms with E-state index in [4.69, 9.17) is 21.7 Å². The van der Waals surface area contributed by atoms with Crippen LogP contribution < -0.4 is 0 Å². The fourth-order valence-electron chi connectivity index (χ4n) is 2.41. The SMILES string of the molecule is CO[C@@H]1[C@H](O)[C@@H](CO)O[C@H]1n1cnc2c(=S)nc[nH]c21. The zero-order valence-electron chi connectivity index (χ0n) is 10.6. The molecule has 3 N–H and O–H groups in total. The average Bonchev–Trinajstić information content (AvgIpc) is 3.00. The van der Waals surface area contributed by atoms with Crippen molar-refractivity contribution in [3.63, 3.8) is 0 Å². The smallest absolute Gasteiger partial charge is 0.166 e. The van der Waals surface area contributed by atoms with Gasteiger partial charge in [-0.1, -0.05) is 12.2 Å². The Labute approximate surface area is 119 Å². The summed E-state index contributed by atoms with van der Waals surface area (Å²) in [5.74, 6) is 0. The molecule has 0 aliphatic carbocycles. The molecule has 1 fully saturated rings. The van der Waals surface area contributed by atoms with Crippen LogP contribution in [0.2, 0.25) is 0 Å². The first-order valence-electron chi connectivity index (χ1n) is 6.04. The number of aromatic amines is 1. The second-order valence-electron chi connectivity index (χ2n) is 4.50. The van der Waals surface area contributed by atoms with Gasteiger partial charge in [-0.15, -0.1) is 0 Å². The summed E-state index contributed by atoms with van der Waals surface area (Å²) in [6.07, 6.45) is 0.177. The second-order valence-corrected chi connectivity index (χ2v) is 4.88. The molecule has 8 nitrogen and oxygen atoms in total. The lowest BCUT2D eigenvalue weighted by molar-refractivity contribution is -0.0583. The highest BCUT2D eigenvalue weighted by Crippen LogP contribution is 2.32. The Kier molecular flexibility index (Phi) is 3.52. The number of nitrogens with one attached hydrogen (secondary N) is 1. The number of fused-ring (bicyclic) bond motifs is 1. The van der Waals surface area contributed by atoms with E-state index in [-0.39, 0.29) is 6.61 Å². The molecule has 1 aliphatic heterocycles. The quantitative estimate of drug-likeness (QED) is 0.671. The largest absolute Gasteiger partial charge is 0.394 e. The Morgan fingerprint density at radius 2 is 2.35 bits per heavy atom. The summed E-state index contributed by atoms with van der Waals surface area (Å²) >= 11 is 5.10. The van der Waals surface area contributed by atoms with Crippen molar-refractivity contribution in [3.8, 4) is 0 Å². The fraction of sp³-hybridized carbons (Fsp3) is 0.545. The maximum Gasteiger partial charge on any atom is 0.166 e. The van der Waals surface area contributed by atoms with Crippen molar-refractivity contribution < 1.29 is 19.7 Å². The highest BCUT2D eigenvalue weighted by Gasteiger charge is 2.45. The molecule has 0 spiro atoms. The molecular formula is C11H14N4O4S. The van der Waals surface area contributed by atoms with E-state index in [1.165, 1.54) is 13.4 Å². The number of ether oxygens (including phenoxy) is 2. The first-order valence-corrected chi connectivity index (χ1v) is 6.45.